The van der Waals surface area contributed by atoms with Gasteiger partial charge in [-0.1, -0.05) is 18.8 Å². The summed E-state index contributed by atoms with van der Waals surface area (Å²) in [5, 5.41) is 8.61. The van der Waals surface area contributed by atoms with Crippen molar-refractivity contribution in [1.29, 1.82) is 0 Å². The fraction of sp³-hybridized carbons (Fsp3) is 0.467. The predicted molar refractivity (Wildman–Crippen MR) is 77.5 cm³/mol. The highest BCUT2D eigenvalue weighted by molar-refractivity contribution is 7.89. The molecule has 1 aromatic carbocycles. The Balaban J connectivity index is 2.14. The van der Waals surface area contributed by atoms with Gasteiger partial charge in [-0.25, -0.2) is 17.5 Å². The second-order valence-corrected chi connectivity index (χ2v) is 7.03. The molecule has 0 atom stereocenters. The third kappa shape index (κ3) is 4.03. The molecule has 2 N–H and O–H groups in total. The lowest BCUT2D eigenvalue weighted by molar-refractivity contribution is 0.270. The Hall–Kier alpha value is -1.42. The van der Waals surface area contributed by atoms with Crippen LogP contribution in [0.25, 0.3) is 0 Å². The van der Waals surface area contributed by atoms with Crippen molar-refractivity contribution in [3.63, 3.8) is 0 Å². The fourth-order valence-electron chi connectivity index (χ4n) is 2.26. The third-order valence-electron chi connectivity index (χ3n) is 3.41. The maximum Gasteiger partial charge on any atom is 0.240 e. The molecule has 1 saturated carbocycles. The van der Waals surface area contributed by atoms with Gasteiger partial charge in [0.2, 0.25) is 10.0 Å². The molecule has 21 heavy (non-hydrogen) atoms. The van der Waals surface area contributed by atoms with Crippen LogP contribution in [-0.2, 0) is 10.0 Å². The van der Waals surface area contributed by atoms with E-state index in [9.17, 15) is 12.8 Å². The van der Waals surface area contributed by atoms with Crippen LogP contribution in [0.15, 0.2) is 23.1 Å². The van der Waals surface area contributed by atoms with Crippen molar-refractivity contribution in [2.24, 2.45) is 5.92 Å². The summed E-state index contributed by atoms with van der Waals surface area (Å²) in [7, 11) is -3.69. The number of sulfonamides is 1. The third-order valence-corrected chi connectivity index (χ3v) is 4.92. The summed E-state index contributed by atoms with van der Waals surface area (Å²) in [5.41, 5.74) is 0.125. The van der Waals surface area contributed by atoms with E-state index in [2.05, 4.69) is 23.5 Å². The number of rotatable bonds is 4. The Morgan fingerprint density at radius 2 is 2.14 bits per heavy atom. The first-order valence-electron chi connectivity index (χ1n) is 6.84. The van der Waals surface area contributed by atoms with Crippen molar-refractivity contribution >= 4 is 10.0 Å². The van der Waals surface area contributed by atoms with E-state index >= 15 is 0 Å². The summed E-state index contributed by atoms with van der Waals surface area (Å²) in [4.78, 5) is -0.0905. The number of nitrogens with one attached hydrogen (secondary N) is 1. The smallest absolute Gasteiger partial charge is 0.240 e. The lowest BCUT2D eigenvalue weighted by Gasteiger charge is -2.32. The van der Waals surface area contributed by atoms with Gasteiger partial charge in [-0.05, 0) is 37.0 Å². The quantitative estimate of drug-likeness (QED) is 0.831. The first-order chi connectivity index (χ1) is 9.92. The minimum atomic E-state index is -3.69. The fourth-order valence-corrected chi connectivity index (χ4v) is 3.54. The molecule has 1 fully saturated rings. The molecular weight excluding hydrogens is 293 g/mol. The predicted octanol–water partition coefficient (Wildman–Crippen LogP) is 1.64. The minimum Gasteiger partial charge on any atom is -0.395 e. The van der Waals surface area contributed by atoms with Crippen LogP contribution in [0.2, 0.25) is 0 Å². The molecule has 6 heteroatoms. The van der Waals surface area contributed by atoms with E-state index in [1.807, 2.05) is 0 Å². The van der Waals surface area contributed by atoms with E-state index in [0.29, 0.717) is 5.92 Å². The Labute approximate surface area is 124 Å². The Kier molecular flexibility index (Phi) is 4.99. The molecule has 0 radical (unpaired) electrons. The number of hydrogen-bond acceptors (Lipinski definition) is 3. The molecule has 0 amide bonds. The lowest BCUT2D eigenvalue weighted by atomic mass is 9.83. The molecule has 0 aromatic heterocycles. The van der Waals surface area contributed by atoms with E-state index in [1.54, 1.807) is 0 Å². The van der Waals surface area contributed by atoms with Gasteiger partial charge in [0.05, 0.1) is 17.1 Å². The van der Waals surface area contributed by atoms with E-state index in [0.717, 1.165) is 18.9 Å². The summed E-state index contributed by atoms with van der Waals surface area (Å²) in [6, 6.07) is 3.61. The largest absolute Gasteiger partial charge is 0.395 e. The molecule has 0 heterocycles. The monoisotopic (exact) mass is 311 g/mol. The van der Waals surface area contributed by atoms with Gasteiger partial charge in [0.15, 0.2) is 0 Å². The molecule has 114 valence electrons. The number of aliphatic hydroxyl groups excluding tert-OH is 1. The van der Waals surface area contributed by atoms with E-state index in [1.165, 1.54) is 12.1 Å². The van der Waals surface area contributed by atoms with Crippen LogP contribution in [0.3, 0.4) is 0 Å². The zero-order valence-electron chi connectivity index (χ0n) is 11.8. The molecule has 0 saturated heterocycles. The van der Waals surface area contributed by atoms with Gasteiger partial charge in [0, 0.05) is 12.5 Å². The van der Waals surface area contributed by atoms with Gasteiger partial charge in [-0.3, -0.25) is 0 Å². The van der Waals surface area contributed by atoms with Crippen molar-refractivity contribution < 1.29 is 17.9 Å². The summed E-state index contributed by atoms with van der Waals surface area (Å²) in [6.45, 7) is 1.97. The van der Waals surface area contributed by atoms with Crippen LogP contribution in [0, 0.1) is 23.6 Å². The standard InChI is InChI=1S/C15H18FNO3S/c1-11-8-13(9-11)17-21(19,20)14-6-5-12(15(16)10-14)4-2-3-7-18/h5-6,10-11,13,17-18H,3,7-9H2,1H3. The molecule has 1 aliphatic carbocycles. The average Bonchev–Trinajstić information content (AvgIpc) is 2.38. The van der Waals surface area contributed by atoms with Gasteiger partial charge < -0.3 is 5.11 Å². The summed E-state index contributed by atoms with van der Waals surface area (Å²) >= 11 is 0. The van der Waals surface area contributed by atoms with E-state index in [-0.39, 0.29) is 29.5 Å². The molecule has 0 bridgehead atoms. The van der Waals surface area contributed by atoms with Crippen LogP contribution >= 0.6 is 0 Å². The summed E-state index contributed by atoms with van der Waals surface area (Å²) in [5.74, 6) is 5.01. The molecule has 1 aromatic rings. The maximum atomic E-state index is 13.8. The molecule has 0 unspecified atom stereocenters. The van der Waals surface area contributed by atoms with Gasteiger partial charge in [-0.2, -0.15) is 0 Å². The Morgan fingerprint density at radius 1 is 1.43 bits per heavy atom. The highest BCUT2D eigenvalue weighted by Crippen LogP contribution is 2.28. The highest BCUT2D eigenvalue weighted by atomic mass is 32.2. The van der Waals surface area contributed by atoms with Gasteiger partial charge in [-0.15, -0.1) is 0 Å². The molecular formula is C15H18FNO3S. The SMILES string of the molecule is CC1CC(NS(=O)(=O)c2ccc(C#CCCO)c(F)c2)C1. The minimum absolute atomic E-state index is 0.0583. The van der Waals surface area contributed by atoms with Crippen molar-refractivity contribution in [3.8, 4) is 11.8 Å². The second-order valence-electron chi connectivity index (χ2n) is 5.31. The highest BCUT2D eigenvalue weighted by Gasteiger charge is 2.30. The van der Waals surface area contributed by atoms with Crippen molar-refractivity contribution in [2.45, 2.75) is 37.1 Å². The summed E-state index contributed by atoms with van der Waals surface area (Å²) < 4.78 is 40.7. The molecule has 0 aliphatic heterocycles. The number of benzene rings is 1. The van der Waals surface area contributed by atoms with Crippen LogP contribution in [-0.4, -0.2) is 26.2 Å². The normalized spacial score (nSPS) is 21.3. The first-order valence-corrected chi connectivity index (χ1v) is 8.32. The summed E-state index contributed by atoms with van der Waals surface area (Å²) in [6.07, 6.45) is 1.87. The second kappa shape index (κ2) is 6.56. The number of aliphatic hydroxyl groups is 1. The first kappa shape index (κ1) is 16.0. The van der Waals surface area contributed by atoms with Gasteiger partial charge in [0.25, 0.3) is 0 Å². The van der Waals surface area contributed by atoms with Crippen molar-refractivity contribution in [3.05, 3.63) is 29.6 Å². The van der Waals surface area contributed by atoms with Crippen LogP contribution in [0.4, 0.5) is 4.39 Å². The van der Waals surface area contributed by atoms with E-state index in [4.69, 9.17) is 5.11 Å². The molecule has 4 nitrogen and oxygen atoms in total. The maximum absolute atomic E-state index is 13.8. The molecule has 2 rings (SSSR count). The number of hydrogen-bond donors (Lipinski definition) is 2. The molecule has 1 aliphatic rings. The van der Waals surface area contributed by atoms with Crippen LogP contribution < -0.4 is 4.72 Å². The topological polar surface area (TPSA) is 66.4 Å². The zero-order chi connectivity index (χ0) is 15.5. The average molecular weight is 311 g/mol. The van der Waals surface area contributed by atoms with Crippen LogP contribution in [0.1, 0.15) is 31.7 Å². The van der Waals surface area contributed by atoms with Gasteiger partial charge in [0.1, 0.15) is 5.82 Å². The van der Waals surface area contributed by atoms with Crippen LogP contribution in [0.5, 0.6) is 0 Å². The Bertz CT molecular complexity index is 670. The molecule has 0 spiro atoms. The Morgan fingerprint density at radius 3 is 2.71 bits per heavy atom. The van der Waals surface area contributed by atoms with Crippen molar-refractivity contribution in [1.82, 2.24) is 4.72 Å². The van der Waals surface area contributed by atoms with Crippen molar-refractivity contribution in [2.75, 3.05) is 6.61 Å². The van der Waals surface area contributed by atoms with Gasteiger partial charge >= 0.3 is 0 Å². The van der Waals surface area contributed by atoms with E-state index < -0.39 is 15.8 Å². The lowest BCUT2D eigenvalue weighted by Crippen LogP contribution is -2.43. The number of halogens is 1. The zero-order valence-corrected chi connectivity index (χ0v) is 12.6.